The van der Waals surface area contributed by atoms with Gasteiger partial charge in [0.15, 0.2) is 7.14 Å². The summed E-state index contributed by atoms with van der Waals surface area (Å²) in [6, 6.07) is 59.6. The van der Waals surface area contributed by atoms with Gasteiger partial charge in [-0.1, -0.05) is 194 Å². The molecule has 206 valence electrons. The molecule has 0 aliphatic heterocycles. The Kier molecular flexibility index (Phi) is 8.81. The van der Waals surface area contributed by atoms with E-state index in [-0.39, 0.29) is 5.14 Å². The maximum absolute atomic E-state index is 16.7. The van der Waals surface area contributed by atoms with Crippen LogP contribution in [-0.4, -0.2) is 5.14 Å². The third-order valence-corrected chi connectivity index (χ3v) is 23.5. The maximum Gasteiger partial charge on any atom is 0.156 e. The lowest BCUT2D eigenvalue weighted by Crippen LogP contribution is -2.35. The Morgan fingerprint density at radius 3 is 0.976 bits per heavy atom. The van der Waals surface area contributed by atoms with Gasteiger partial charge in [-0.05, 0) is 29.1 Å². The van der Waals surface area contributed by atoms with Gasteiger partial charge in [-0.15, -0.1) is 0 Å². The normalized spacial score (nSPS) is 12.6. The highest BCUT2D eigenvalue weighted by atomic mass is 32.4. The van der Waals surface area contributed by atoms with Gasteiger partial charge in [0.05, 0.1) is 5.14 Å². The molecule has 1 nitrogen and oxygen atoms in total. The minimum Gasteiger partial charge on any atom is -0.313 e. The third kappa shape index (κ3) is 5.42. The molecular formula is C37H31OP3S. The highest BCUT2D eigenvalue weighted by molar-refractivity contribution is 8.29. The van der Waals surface area contributed by atoms with Crippen molar-refractivity contribution in [2.45, 2.75) is 5.14 Å². The van der Waals surface area contributed by atoms with E-state index in [4.69, 9.17) is 11.8 Å². The first kappa shape index (κ1) is 28.7. The standard InChI is InChI=1S/C37H31OP3S/c38-40(33-23-11-3-12-24-33,34-25-13-4-14-26-34)37(39(31-19-7-1-8-20-31)32-21-9-2-10-22-32)41(42,35-27-15-5-16-28-35)36-29-17-6-18-30-36/h1-30,37H. The highest BCUT2D eigenvalue weighted by Crippen LogP contribution is 2.76. The molecule has 0 heterocycles. The molecule has 0 aliphatic carbocycles. The van der Waals surface area contributed by atoms with Crippen LogP contribution in [0.25, 0.3) is 0 Å². The molecule has 1 unspecified atom stereocenters. The van der Waals surface area contributed by atoms with E-state index in [1.165, 1.54) is 10.6 Å². The van der Waals surface area contributed by atoms with Crippen LogP contribution in [0.15, 0.2) is 182 Å². The van der Waals surface area contributed by atoms with Crippen LogP contribution in [0.3, 0.4) is 0 Å². The van der Waals surface area contributed by atoms with E-state index in [2.05, 4.69) is 109 Å². The van der Waals surface area contributed by atoms with Crippen molar-refractivity contribution >= 4 is 64.7 Å². The maximum atomic E-state index is 16.7. The summed E-state index contributed by atoms with van der Waals surface area (Å²) in [5.74, 6) is 0. The molecule has 0 saturated heterocycles. The summed E-state index contributed by atoms with van der Waals surface area (Å²) in [4.78, 5) is 0. The molecule has 0 N–H and O–H groups in total. The van der Waals surface area contributed by atoms with E-state index < -0.39 is 21.1 Å². The van der Waals surface area contributed by atoms with Crippen molar-refractivity contribution in [2.75, 3.05) is 0 Å². The monoisotopic (exact) mass is 616 g/mol. The fourth-order valence-electron chi connectivity index (χ4n) is 5.58. The average molecular weight is 617 g/mol. The average Bonchev–Trinajstić information content (AvgIpc) is 3.09. The van der Waals surface area contributed by atoms with Gasteiger partial charge in [-0.25, -0.2) is 0 Å². The van der Waals surface area contributed by atoms with Crippen LogP contribution in [0.2, 0.25) is 0 Å². The van der Waals surface area contributed by atoms with Crippen molar-refractivity contribution < 1.29 is 4.57 Å². The minimum absolute atomic E-state index is 0.380. The number of hydrogen-bond acceptors (Lipinski definition) is 2. The van der Waals surface area contributed by atoms with Gasteiger partial charge in [0.2, 0.25) is 0 Å². The Hall–Kier alpha value is -3.37. The summed E-state index contributed by atoms with van der Waals surface area (Å²) in [6.45, 7) is 0. The molecule has 0 saturated carbocycles. The van der Waals surface area contributed by atoms with Gasteiger partial charge in [0.25, 0.3) is 0 Å². The molecule has 0 aliphatic rings. The van der Waals surface area contributed by atoms with E-state index in [0.29, 0.717) is 0 Å². The zero-order valence-electron chi connectivity index (χ0n) is 23.1. The van der Waals surface area contributed by atoms with Crippen molar-refractivity contribution in [3.63, 3.8) is 0 Å². The van der Waals surface area contributed by atoms with Gasteiger partial charge in [0.1, 0.15) is 0 Å². The summed E-state index contributed by atoms with van der Waals surface area (Å²) < 4.78 is 16.7. The first-order valence-electron chi connectivity index (χ1n) is 13.9. The Morgan fingerprint density at radius 1 is 0.405 bits per heavy atom. The zero-order chi connectivity index (χ0) is 28.8. The van der Waals surface area contributed by atoms with Crippen LogP contribution in [0.5, 0.6) is 0 Å². The number of rotatable bonds is 9. The third-order valence-electron chi connectivity index (χ3n) is 7.51. The molecule has 6 rings (SSSR count). The summed E-state index contributed by atoms with van der Waals surface area (Å²) in [5, 5.41) is 5.84. The van der Waals surface area contributed by atoms with Gasteiger partial charge in [0, 0.05) is 16.6 Å². The van der Waals surface area contributed by atoms with Crippen LogP contribution in [0, 0.1) is 0 Å². The van der Waals surface area contributed by atoms with Gasteiger partial charge < -0.3 is 4.57 Å². The molecular weight excluding hydrogens is 585 g/mol. The Balaban J connectivity index is 1.80. The van der Waals surface area contributed by atoms with Gasteiger partial charge in [-0.2, -0.15) is 0 Å². The summed E-state index contributed by atoms with van der Waals surface area (Å²) >= 11 is 7.14. The number of benzene rings is 6. The van der Waals surface area contributed by atoms with Crippen molar-refractivity contribution in [1.82, 2.24) is 0 Å². The van der Waals surface area contributed by atoms with Crippen molar-refractivity contribution in [3.05, 3.63) is 182 Å². The molecule has 1 atom stereocenters. The molecule has 0 amide bonds. The molecule has 6 aromatic rings. The van der Waals surface area contributed by atoms with Crippen LogP contribution >= 0.6 is 21.1 Å². The second-order valence-electron chi connectivity index (χ2n) is 10.0. The fraction of sp³-hybridized carbons (Fsp3) is 0.0270. The summed E-state index contributed by atoms with van der Waals surface area (Å²) in [5.41, 5.74) is 0. The molecule has 0 spiro atoms. The van der Waals surface area contributed by atoms with E-state index in [1.54, 1.807) is 0 Å². The second kappa shape index (κ2) is 12.9. The largest absolute Gasteiger partial charge is 0.313 e. The van der Waals surface area contributed by atoms with E-state index in [9.17, 15) is 0 Å². The smallest absolute Gasteiger partial charge is 0.156 e. The predicted molar refractivity (Wildman–Crippen MR) is 189 cm³/mol. The summed E-state index contributed by atoms with van der Waals surface area (Å²) in [7, 11) is -4.60. The summed E-state index contributed by atoms with van der Waals surface area (Å²) in [6.07, 6.45) is 0. The van der Waals surface area contributed by atoms with Crippen molar-refractivity contribution in [3.8, 4) is 0 Å². The molecule has 0 aromatic heterocycles. The lowest BCUT2D eigenvalue weighted by atomic mass is 10.4. The van der Waals surface area contributed by atoms with Crippen molar-refractivity contribution in [2.24, 2.45) is 0 Å². The minimum atomic E-state index is -3.40. The zero-order valence-corrected chi connectivity index (χ0v) is 26.6. The van der Waals surface area contributed by atoms with Crippen molar-refractivity contribution in [1.29, 1.82) is 0 Å². The molecule has 5 heteroatoms. The SMILES string of the molecule is O=P(c1ccccc1)(c1ccccc1)C(P(c1ccccc1)c1ccccc1)P(=S)(c1ccccc1)c1ccccc1. The molecule has 0 fully saturated rings. The molecule has 0 bridgehead atoms. The van der Waals surface area contributed by atoms with Crippen LogP contribution in [0.1, 0.15) is 0 Å². The lowest BCUT2D eigenvalue weighted by Gasteiger charge is -2.43. The first-order chi connectivity index (χ1) is 20.6. The second-order valence-corrected chi connectivity index (χ2v) is 21.0. The van der Waals surface area contributed by atoms with E-state index in [0.717, 1.165) is 21.2 Å². The lowest BCUT2D eigenvalue weighted by molar-refractivity contribution is 0.588. The Morgan fingerprint density at radius 2 is 0.667 bits per heavy atom. The van der Waals surface area contributed by atoms with Crippen LogP contribution in [-0.2, 0) is 16.4 Å². The number of hydrogen-bond donors (Lipinski definition) is 0. The molecule has 6 aromatic carbocycles. The predicted octanol–water partition coefficient (Wildman–Crippen LogP) is 7.55. The fourth-order valence-corrected chi connectivity index (χ4v) is 23.5. The van der Waals surface area contributed by atoms with E-state index >= 15 is 4.57 Å². The molecule has 0 radical (unpaired) electrons. The highest BCUT2D eigenvalue weighted by Gasteiger charge is 2.51. The Bertz CT molecular complexity index is 1590. The first-order valence-corrected chi connectivity index (χ1v) is 20.0. The molecule has 42 heavy (non-hydrogen) atoms. The topological polar surface area (TPSA) is 17.1 Å². The van der Waals surface area contributed by atoms with E-state index in [1.807, 2.05) is 72.8 Å². The quantitative estimate of drug-likeness (QED) is 0.156. The van der Waals surface area contributed by atoms with Crippen LogP contribution in [0.4, 0.5) is 0 Å². The van der Waals surface area contributed by atoms with Gasteiger partial charge in [-0.3, -0.25) is 0 Å². The van der Waals surface area contributed by atoms with Gasteiger partial charge >= 0.3 is 0 Å². The van der Waals surface area contributed by atoms with Crippen LogP contribution < -0.4 is 31.8 Å². The Labute approximate surface area is 255 Å².